The van der Waals surface area contributed by atoms with Crippen molar-refractivity contribution in [3.63, 3.8) is 0 Å². The third-order valence-electron chi connectivity index (χ3n) is 5.68. The minimum absolute atomic E-state index is 0.0191. The number of non-ortho nitro benzene ring substituents is 1. The van der Waals surface area contributed by atoms with E-state index in [1.807, 2.05) is 0 Å². The van der Waals surface area contributed by atoms with Gasteiger partial charge in [0.1, 0.15) is 30.0 Å². The number of amides is 1. The zero-order chi connectivity index (χ0) is 26.5. The third-order valence-corrected chi connectivity index (χ3v) is 7.00. The second kappa shape index (κ2) is 11.2. The molecule has 2 aromatic rings. The maximum absolute atomic E-state index is 13.1. The molecule has 0 saturated carbocycles. The zero-order valence-corrected chi connectivity index (χ0v) is 20.8. The molecule has 2 heterocycles. The fourth-order valence-electron chi connectivity index (χ4n) is 3.74. The van der Waals surface area contributed by atoms with E-state index in [9.17, 15) is 24.5 Å². The van der Waals surface area contributed by atoms with Crippen molar-refractivity contribution in [3.05, 3.63) is 81.0 Å². The SMILES string of the molecule is COc1ccc(COC(=O)C2=C(COC(C)=O)CS[C@H]3[C@H](N=Cc4ccc([N+](=O)[O-])cc4)C(=O)N23)cc1. The number of nitro groups is 1. The Balaban J connectivity index is 1.49. The molecule has 0 aliphatic carbocycles. The lowest BCUT2D eigenvalue weighted by molar-refractivity contribution is -0.384. The molecule has 1 fully saturated rings. The Bertz CT molecular complexity index is 1270. The molecule has 4 rings (SSSR count). The largest absolute Gasteiger partial charge is 0.497 e. The van der Waals surface area contributed by atoms with Gasteiger partial charge in [0.2, 0.25) is 0 Å². The number of rotatable bonds is 9. The van der Waals surface area contributed by atoms with E-state index in [4.69, 9.17) is 14.2 Å². The molecule has 0 aromatic heterocycles. The third kappa shape index (κ3) is 5.80. The second-order valence-corrected chi connectivity index (χ2v) is 9.24. The molecule has 2 aromatic carbocycles. The maximum atomic E-state index is 13.1. The number of nitro benzene ring substituents is 1. The first-order chi connectivity index (χ1) is 17.8. The lowest BCUT2D eigenvalue weighted by atomic mass is 10.0. The Morgan fingerprint density at radius 3 is 2.46 bits per heavy atom. The van der Waals surface area contributed by atoms with Crippen LogP contribution in [0.1, 0.15) is 18.1 Å². The predicted octanol–water partition coefficient (Wildman–Crippen LogP) is 2.87. The summed E-state index contributed by atoms with van der Waals surface area (Å²) in [5, 5.41) is 10.4. The number of nitrogens with zero attached hydrogens (tertiary/aromatic N) is 3. The van der Waals surface area contributed by atoms with Crippen LogP contribution in [0.4, 0.5) is 5.69 Å². The molecule has 2 aliphatic rings. The number of fused-ring (bicyclic) bond motifs is 1. The highest BCUT2D eigenvalue weighted by atomic mass is 32.2. The van der Waals surface area contributed by atoms with Crippen LogP contribution in [0.5, 0.6) is 5.75 Å². The summed E-state index contributed by atoms with van der Waals surface area (Å²) in [5.74, 6) is -0.592. The van der Waals surface area contributed by atoms with Gasteiger partial charge in [0, 0.05) is 36.6 Å². The van der Waals surface area contributed by atoms with Gasteiger partial charge in [-0.1, -0.05) is 12.1 Å². The molecule has 37 heavy (non-hydrogen) atoms. The van der Waals surface area contributed by atoms with Crippen LogP contribution in [0, 0.1) is 10.1 Å². The van der Waals surface area contributed by atoms with Gasteiger partial charge >= 0.3 is 11.9 Å². The Hall–Kier alpha value is -4.19. The Kier molecular flexibility index (Phi) is 7.87. The van der Waals surface area contributed by atoms with Crippen molar-refractivity contribution in [1.82, 2.24) is 4.90 Å². The lowest BCUT2D eigenvalue weighted by Gasteiger charge is -2.48. The van der Waals surface area contributed by atoms with E-state index in [0.29, 0.717) is 22.6 Å². The summed E-state index contributed by atoms with van der Waals surface area (Å²) in [7, 11) is 1.55. The van der Waals surface area contributed by atoms with E-state index in [1.165, 1.54) is 54.1 Å². The molecule has 12 heteroatoms. The molecule has 192 valence electrons. The minimum atomic E-state index is -0.736. The van der Waals surface area contributed by atoms with Crippen LogP contribution in [0.3, 0.4) is 0 Å². The molecular weight excluding hydrogens is 502 g/mol. The number of esters is 2. The molecule has 0 bridgehead atoms. The van der Waals surface area contributed by atoms with Crippen molar-refractivity contribution in [1.29, 1.82) is 0 Å². The minimum Gasteiger partial charge on any atom is -0.497 e. The Labute approximate surface area is 216 Å². The number of β-lactam (4-membered cyclic amide) rings is 1. The van der Waals surface area contributed by atoms with Gasteiger partial charge in [0.15, 0.2) is 6.04 Å². The first-order valence-corrected chi connectivity index (χ1v) is 12.2. The summed E-state index contributed by atoms with van der Waals surface area (Å²) in [6.07, 6.45) is 1.48. The standard InChI is InChI=1S/C25H23N3O8S/c1-15(29)35-13-18-14-37-24-21(26-11-16-3-7-19(8-4-16)28(32)33)23(30)27(24)22(18)25(31)36-12-17-5-9-20(34-2)10-6-17/h3-11,21,24H,12-14H2,1-2H3/t21-,24+/m1/s1. The van der Waals surface area contributed by atoms with E-state index in [1.54, 1.807) is 31.4 Å². The number of aliphatic imine (C=N–C) groups is 1. The zero-order valence-electron chi connectivity index (χ0n) is 20.0. The van der Waals surface area contributed by atoms with Crippen molar-refractivity contribution < 1.29 is 33.5 Å². The first-order valence-electron chi connectivity index (χ1n) is 11.2. The van der Waals surface area contributed by atoms with Crippen LogP contribution in [-0.2, 0) is 30.5 Å². The number of carbonyl (C=O) groups excluding carboxylic acids is 3. The van der Waals surface area contributed by atoms with Crippen molar-refractivity contribution >= 4 is 41.5 Å². The number of methoxy groups -OCH3 is 1. The highest BCUT2D eigenvalue weighted by molar-refractivity contribution is 8.00. The van der Waals surface area contributed by atoms with Crippen LogP contribution in [-0.4, -0.2) is 64.8 Å². The van der Waals surface area contributed by atoms with Gasteiger partial charge in [-0.25, -0.2) is 4.79 Å². The number of hydrogen-bond donors (Lipinski definition) is 0. The summed E-state index contributed by atoms with van der Waals surface area (Å²) >= 11 is 1.40. The van der Waals surface area contributed by atoms with E-state index in [-0.39, 0.29) is 24.6 Å². The van der Waals surface area contributed by atoms with Crippen molar-refractivity contribution in [3.8, 4) is 5.75 Å². The second-order valence-electron chi connectivity index (χ2n) is 8.14. The summed E-state index contributed by atoms with van der Waals surface area (Å²) < 4.78 is 15.7. The summed E-state index contributed by atoms with van der Waals surface area (Å²) in [5.41, 5.74) is 1.82. The first kappa shape index (κ1) is 25.9. The molecule has 1 saturated heterocycles. The number of benzene rings is 2. The van der Waals surface area contributed by atoms with Crippen LogP contribution in [0.2, 0.25) is 0 Å². The van der Waals surface area contributed by atoms with Gasteiger partial charge < -0.3 is 14.2 Å². The molecule has 2 aliphatic heterocycles. The molecule has 0 N–H and O–H groups in total. The predicted molar refractivity (Wildman–Crippen MR) is 134 cm³/mol. The smallest absolute Gasteiger partial charge is 0.355 e. The van der Waals surface area contributed by atoms with Crippen molar-refractivity contribution in [2.24, 2.45) is 4.99 Å². The highest BCUT2D eigenvalue weighted by Crippen LogP contribution is 2.42. The van der Waals surface area contributed by atoms with Crippen LogP contribution >= 0.6 is 11.8 Å². The van der Waals surface area contributed by atoms with Crippen molar-refractivity contribution in [2.45, 2.75) is 24.9 Å². The number of carbonyl (C=O) groups is 3. The van der Waals surface area contributed by atoms with Crippen LogP contribution in [0.15, 0.2) is 64.8 Å². The van der Waals surface area contributed by atoms with Crippen molar-refractivity contribution in [2.75, 3.05) is 19.5 Å². The summed E-state index contributed by atoms with van der Waals surface area (Å²) in [6, 6.07) is 12.1. The van der Waals surface area contributed by atoms with Gasteiger partial charge in [-0.2, -0.15) is 0 Å². The monoisotopic (exact) mass is 525 g/mol. The molecule has 1 amide bonds. The number of ether oxygens (including phenoxy) is 3. The summed E-state index contributed by atoms with van der Waals surface area (Å²) in [6.45, 7) is 1.11. The molecule has 0 spiro atoms. The highest BCUT2D eigenvalue weighted by Gasteiger charge is 2.53. The average Bonchev–Trinajstić information content (AvgIpc) is 2.90. The molecule has 2 atom stereocenters. The Morgan fingerprint density at radius 2 is 1.84 bits per heavy atom. The topological polar surface area (TPSA) is 138 Å². The van der Waals surface area contributed by atoms with Gasteiger partial charge in [-0.05, 0) is 35.4 Å². The molecular formula is C25H23N3O8S. The van der Waals surface area contributed by atoms with E-state index in [2.05, 4.69) is 4.99 Å². The molecule has 11 nitrogen and oxygen atoms in total. The normalized spacial score (nSPS) is 18.8. The van der Waals surface area contributed by atoms with Gasteiger partial charge in [0.25, 0.3) is 11.6 Å². The quantitative estimate of drug-likeness (QED) is 0.159. The number of thioether (sulfide) groups is 1. The van der Waals surface area contributed by atoms with Gasteiger partial charge in [-0.15, -0.1) is 11.8 Å². The van der Waals surface area contributed by atoms with E-state index in [0.717, 1.165) is 5.56 Å². The average molecular weight is 526 g/mol. The molecule has 0 radical (unpaired) electrons. The number of hydrogen-bond acceptors (Lipinski definition) is 10. The molecule has 0 unspecified atom stereocenters. The van der Waals surface area contributed by atoms with Crippen LogP contribution in [0.25, 0.3) is 0 Å². The van der Waals surface area contributed by atoms with Gasteiger partial charge in [-0.3, -0.25) is 29.6 Å². The van der Waals surface area contributed by atoms with E-state index < -0.39 is 34.2 Å². The van der Waals surface area contributed by atoms with Crippen LogP contribution < -0.4 is 4.74 Å². The maximum Gasteiger partial charge on any atom is 0.355 e. The lowest BCUT2D eigenvalue weighted by Crippen LogP contribution is -2.64. The van der Waals surface area contributed by atoms with E-state index >= 15 is 0 Å². The Morgan fingerprint density at radius 1 is 1.14 bits per heavy atom. The van der Waals surface area contributed by atoms with Gasteiger partial charge in [0.05, 0.1) is 12.0 Å². The summed E-state index contributed by atoms with van der Waals surface area (Å²) in [4.78, 5) is 53.6. The fraction of sp³-hybridized carbons (Fsp3) is 0.280. The fourth-order valence-corrected chi connectivity index (χ4v) is 5.06.